The predicted molar refractivity (Wildman–Crippen MR) is 80.6 cm³/mol. The van der Waals surface area contributed by atoms with Crippen LogP contribution in [-0.2, 0) is 4.79 Å². The molecule has 6 nitrogen and oxygen atoms in total. The second kappa shape index (κ2) is 6.68. The molecule has 1 aromatic rings. The maximum Gasteiger partial charge on any atom is 0.326 e. The number of carbonyl (C=O) groups excluding carboxylic acids is 1. The molecule has 1 unspecified atom stereocenters. The highest BCUT2D eigenvalue weighted by molar-refractivity contribution is 5.98. The van der Waals surface area contributed by atoms with Gasteiger partial charge < -0.3 is 19.5 Å². The van der Waals surface area contributed by atoms with Gasteiger partial charge in [0, 0.05) is 12.1 Å². The molecular formula is C16H21NO5. The number of piperidine rings is 1. The molecule has 1 amide bonds. The summed E-state index contributed by atoms with van der Waals surface area (Å²) in [4.78, 5) is 25.6. The number of nitrogens with zero attached hydrogens (tertiary/aromatic N) is 1. The van der Waals surface area contributed by atoms with Crippen LogP contribution in [-0.4, -0.2) is 48.7 Å². The first-order valence-corrected chi connectivity index (χ1v) is 7.26. The Kier molecular flexibility index (Phi) is 4.90. The number of aryl methyl sites for hydroxylation is 1. The van der Waals surface area contributed by atoms with E-state index in [1.165, 1.54) is 19.1 Å². The van der Waals surface area contributed by atoms with Gasteiger partial charge >= 0.3 is 5.97 Å². The van der Waals surface area contributed by atoms with Crippen molar-refractivity contribution in [2.75, 3.05) is 20.8 Å². The number of amides is 1. The summed E-state index contributed by atoms with van der Waals surface area (Å²) < 4.78 is 10.4. The van der Waals surface area contributed by atoms with E-state index in [2.05, 4.69) is 0 Å². The molecule has 1 aromatic carbocycles. The van der Waals surface area contributed by atoms with E-state index in [1.807, 2.05) is 0 Å². The van der Waals surface area contributed by atoms with Crippen LogP contribution in [0.15, 0.2) is 12.1 Å². The average Bonchev–Trinajstić information content (AvgIpc) is 2.53. The smallest absolute Gasteiger partial charge is 0.326 e. The van der Waals surface area contributed by atoms with Crippen molar-refractivity contribution in [2.45, 2.75) is 32.2 Å². The molecule has 0 aromatic heterocycles. The van der Waals surface area contributed by atoms with Gasteiger partial charge in [-0.05, 0) is 43.9 Å². The minimum absolute atomic E-state index is 0.273. The molecule has 0 aliphatic carbocycles. The molecule has 1 aliphatic heterocycles. The largest absolute Gasteiger partial charge is 0.493 e. The Morgan fingerprint density at radius 1 is 1.18 bits per heavy atom. The summed E-state index contributed by atoms with van der Waals surface area (Å²) in [5.74, 6) is -0.220. The number of methoxy groups -OCH3 is 2. The number of ether oxygens (including phenoxy) is 2. The summed E-state index contributed by atoms with van der Waals surface area (Å²) in [6, 6.07) is 2.59. The lowest BCUT2D eigenvalue weighted by Gasteiger charge is -2.33. The maximum absolute atomic E-state index is 12.8. The highest BCUT2D eigenvalue weighted by Gasteiger charge is 2.33. The third kappa shape index (κ3) is 3.00. The van der Waals surface area contributed by atoms with E-state index in [9.17, 15) is 14.7 Å². The number of benzene rings is 1. The average molecular weight is 307 g/mol. The Morgan fingerprint density at radius 2 is 1.82 bits per heavy atom. The number of carbonyl (C=O) groups is 2. The molecule has 1 atom stereocenters. The van der Waals surface area contributed by atoms with E-state index in [0.29, 0.717) is 30.0 Å². The lowest BCUT2D eigenvalue weighted by atomic mass is 9.99. The van der Waals surface area contributed by atoms with E-state index in [-0.39, 0.29) is 5.91 Å². The molecule has 1 aliphatic rings. The number of likely N-dealkylation sites (tertiary alicyclic amines) is 1. The first kappa shape index (κ1) is 16.1. The molecule has 22 heavy (non-hydrogen) atoms. The minimum Gasteiger partial charge on any atom is -0.493 e. The maximum atomic E-state index is 12.8. The Morgan fingerprint density at radius 3 is 2.41 bits per heavy atom. The molecule has 1 fully saturated rings. The van der Waals surface area contributed by atoms with Gasteiger partial charge in [0.15, 0.2) is 11.5 Å². The fourth-order valence-electron chi connectivity index (χ4n) is 2.80. The van der Waals surface area contributed by atoms with Gasteiger partial charge in [-0.1, -0.05) is 0 Å². The van der Waals surface area contributed by atoms with Gasteiger partial charge in [-0.3, -0.25) is 4.79 Å². The van der Waals surface area contributed by atoms with Crippen LogP contribution in [0.25, 0.3) is 0 Å². The van der Waals surface area contributed by atoms with Crippen LogP contribution in [0, 0.1) is 6.92 Å². The topological polar surface area (TPSA) is 76.1 Å². The lowest BCUT2D eigenvalue weighted by Crippen LogP contribution is -2.48. The number of rotatable bonds is 4. The molecule has 120 valence electrons. The van der Waals surface area contributed by atoms with Crippen LogP contribution in [0.3, 0.4) is 0 Å². The third-order valence-electron chi connectivity index (χ3n) is 4.01. The molecule has 0 saturated carbocycles. The molecule has 1 heterocycles. The van der Waals surface area contributed by atoms with Gasteiger partial charge in [0.25, 0.3) is 5.91 Å². The summed E-state index contributed by atoms with van der Waals surface area (Å²) in [5.41, 5.74) is 1.18. The summed E-state index contributed by atoms with van der Waals surface area (Å²) in [6.07, 6.45) is 2.14. The second-order valence-electron chi connectivity index (χ2n) is 5.37. The van der Waals surface area contributed by atoms with Crippen LogP contribution >= 0.6 is 0 Å². The third-order valence-corrected chi connectivity index (χ3v) is 4.01. The van der Waals surface area contributed by atoms with Crippen molar-refractivity contribution in [3.63, 3.8) is 0 Å². The van der Waals surface area contributed by atoms with E-state index in [1.54, 1.807) is 19.1 Å². The zero-order valence-electron chi connectivity index (χ0n) is 13.1. The normalized spacial score (nSPS) is 18.0. The van der Waals surface area contributed by atoms with Crippen molar-refractivity contribution in [3.8, 4) is 11.5 Å². The van der Waals surface area contributed by atoms with Gasteiger partial charge in [0.05, 0.1) is 14.2 Å². The summed E-state index contributed by atoms with van der Waals surface area (Å²) in [7, 11) is 3.03. The number of carboxylic acid groups (broad SMARTS) is 1. The van der Waals surface area contributed by atoms with Gasteiger partial charge in [0.1, 0.15) is 6.04 Å². The van der Waals surface area contributed by atoms with Crippen molar-refractivity contribution in [3.05, 3.63) is 23.3 Å². The molecule has 0 bridgehead atoms. The van der Waals surface area contributed by atoms with E-state index < -0.39 is 12.0 Å². The van der Waals surface area contributed by atoms with E-state index in [4.69, 9.17) is 9.47 Å². The van der Waals surface area contributed by atoms with Gasteiger partial charge in [-0.25, -0.2) is 4.79 Å². The van der Waals surface area contributed by atoms with Crippen molar-refractivity contribution >= 4 is 11.9 Å². The molecular weight excluding hydrogens is 286 g/mol. The van der Waals surface area contributed by atoms with Crippen LogP contribution in [0.5, 0.6) is 11.5 Å². The highest BCUT2D eigenvalue weighted by Crippen LogP contribution is 2.31. The standard InChI is InChI=1S/C16H21NO5/c1-10-8-13(21-2)14(22-3)9-11(10)15(18)17-7-5-4-6-12(17)16(19)20/h8-9,12H,4-7H2,1-3H3,(H,19,20). The number of hydrogen-bond donors (Lipinski definition) is 1. The van der Waals surface area contributed by atoms with Crippen LogP contribution < -0.4 is 9.47 Å². The van der Waals surface area contributed by atoms with E-state index >= 15 is 0 Å². The van der Waals surface area contributed by atoms with Crippen molar-refractivity contribution < 1.29 is 24.2 Å². The van der Waals surface area contributed by atoms with E-state index in [0.717, 1.165) is 18.4 Å². The monoisotopic (exact) mass is 307 g/mol. The Balaban J connectivity index is 2.37. The van der Waals surface area contributed by atoms with Crippen molar-refractivity contribution in [1.82, 2.24) is 4.90 Å². The molecule has 6 heteroatoms. The van der Waals surface area contributed by atoms with Crippen molar-refractivity contribution in [2.24, 2.45) is 0 Å². The summed E-state index contributed by atoms with van der Waals surface area (Å²) in [6.45, 7) is 2.26. The molecule has 0 spiro atoms. The first-order valence-electron chi connectivity index (χ1n) is 7.26. The minimum atomic E-state index is -0.953. The van der Waals surface area contributed by atoms with Crippen molar-refractivity contribution in [1.29, 1.82) is 0 Å². The molecule has 1 saturated heterocycles. The highest BCUT2D eigenvalue weighted by atomic mass is 16.5. The Labute approximate surface area is 129 Å². The number of carboxylic acids is 1. The first-order chi connectivity index (χ1) is 10.5. The molecule has 2 rings (SSSR count). The van der Waals surface area contributed by atoms with Gasteiger partial charge in [-0.2, -0.15) is 0 Å². The van der Waals surface area contributed by atoms with Crippen LogP contribution in [0.2, 0.25) is 0 Å². The predicted octanol–water partition coefficient (Wildman–Crippen LogP) is 2.09. The second-order valence-corrected chi connectivity index (χ2v) is 5.37. The van der Waals surface area contributed by atoms with Crippen LogP contribution in [0.1, 0.15) is 35.2 Å². The number of hydrogen-bond acceptors (Lipinski definition) is 4. The summed E-state index contributed by atoms with van der Waals surface area (Å²) >= 11 is 0. The Bertz CT molecular complexity index is 584. The zero-order chi connectivity index (χ0) is 16.3. The quantitative estimate of drug-likeness (QED) is 0.922. The number of aliphatic carboxylic acids is 1. The zero-order valence-corrected chi connectivity index (χ0v) is 13.1. The van der Waals surface area contributed by atoms with Crippen LogP contribution in [0.4, 0.5) is 0 Å². The fraction of sp³-hybridized carbons (Fsp3) is 0.500. The lowest BCUT2D eigenvalue weighted by molar-refractivity contribution is -0.143. The summed E-state index contributed by atoms with van der Waals surface area (Å²) in [5, 5.41) is 9.32. The molecule has 0 radical (unpaired) electrons. The van der Waals surface area contributed by atoms with Gasteiger partial charge in [0.2, 0.25) is 0 Å². The Hall–Kier alpha value is -2.24. The van der Waals surface area contributed by atoms with Gasteiger partial charge in [-0.15, -0.1) is 0 Å². The SMILES string of the molecule is COc1cc(C)c(C(=O)N2CCCCC2C(=O)O)cc1OC. The fourth-order valence-corrected chi connectivity index (χ4v) is 2.80. The molecule has 1 N–H and O–H groups in total.